The highest BCUT2D eigenvalue weighted by Crippen LogP contribution is 2.38. The minimum atomic E-state index is 0.247. The average Bonchev–Trinajstić information content (AvgIpc) is 2.89. The summed E-state index contributed by atoms with van der Waals surface area (Å²) in [6, 6.07) is 6.56. The van der Waals surface area contributed by atoms with E-state index < -0.39 is 0 Å². The molecule has 18 heavy (non-hydrogen) atoms. The zero-order valence-corrected chi connectivity index (χ0v) is 11.6. The summed E-state index contributed by atoms with van der Waals surface area (Å²) in [6.07, 6.45) is 3.02. The van der Waals surface area contributed by atoms with Gasteiger partial charge in [0.2, 0.25) is 0 Å². The quantitative estimate of drug-likeness (QED) is 0.887. The fourth-order valence-corrected chi connectivity index (χ4v) is 4.09. The maximum atomic E-state index is 12.0. The molecule has 2 aliphatic rings. The Balaban J connectivity index is 2.03. The number of ketones is 1. The Hall–Kier alpha value is -0.800. The summed E-state index contributed by atoms with van der Waals surface area (Å²) in [5.41, 5.74) is 2.56. The van der Waals surface area contributed by atoms with E-state index in [1.165, 1.54) is 16.9 Å². The Morgan fingerprint density at radius 2 is 2.33 bits per heavy atom. The third-order valence-corrected chi connectivity index (χ3v) is 5.47. The summed E-state index contributed by atoms with van der Waals surface area (Å²) in [7, 11) is 0. The second-order valence-electron chi connectivity index (χ2n) is 5.29. The van der Waals surface area contributed by atoms with Crippen molar-refractivity contribution in [1.82, 2.24) is 5.32 Å². The van der Waals surface area contributed by atoms with Gasteiger partial charge in [0.15, 0.2) is 5.78 Å². The Bertz CT molecular complexity index is 477. The van der Waals surface area contributed by atoms with Crippen LogP contribution in [0.5, 0.6) is 0 Å². The van der Waals surface area contributed by atoms with Crippen LogP contribution in [-0.4, -0.2) is 24.6 Å². The van der Waals surface area contributed by atoms with Crippen LogP contribution in [0.25, 0.3) is 0 Å². The van der Waals surface area contributed by atoms with Crippen molar-refractivity contribution in [2.24, 2.45) is 0 Å². The second-order valence-corrected chi connectivity index (χ2v) is 6.43. The molecule has 3 heteroatoms. The van der Waals surface area contributed by atoms with Crippen LogP contribution in [0.15, 0.2) is 23.1 Å². The molecule has 0 spiro atoms. The molecule has 2 aliphatic heterocycles. The molecule has 0 amide bonds. The molecule has 1 saturated heterocycles. The highest BCUT2D eigenvalue weighted by molar-refractivity contribution is 7.99. The van der Waals surface area contributed by atoms with Crippen molar-refractivity contribution in [3.8, 4) is 0 Å². The van der Waals surface area contributed by atoms with Gasteiger partial charge in [-0.05, 0) is 37.1 Å². The first-order valence-corrected chi connectivity index (χ1v) is 7.75. The Morgan fingerprint density at radius 1 is 1.44 bits per heavy atom. The van der Waals surface area contributed by atoms with E-state index in [-0.39, 0.29) is 5.41 Å². The van der Waals surface area contributed by atoms with Crippen molar-refractivity contribution in [3.63, 3.8) is 0 Å². The summed E-state index contributed by atoms with van der Waals surface area (Å²) >= 11 is 1.81. The van der Waals surface area contributed by atoms with Gasteiger partial charge in [-0.3, -0.25) is 4.79 Å². The maximum absolute atomic E-state index is 12.0. The van der Waals surface area contributed by atoms with Gasteiger partial charge in [-0.15, -0.1) is 11.8 Å². The number of rotatable bonds is 2. The maximum Gasteiger partial charge on any atom is 0.164 e. The molecule has 1 fully saturated rings. The van der Waals surface area contributed by atoms with Gasteiger partial charge < -0.3 is 5.32 Å². The number of benzene rings is 1. The standard InChI is InChI=1S/C15H19NOS/c1-2-15(6-7-16-10-15)11-3-4-14-12(9-11)13(17)5-8-18-14/h3-4,9,16H,2,5-8,10H2,1H3. The van der Waals surface area contributed by atoms with Crippen molar-refractivity contribution in [1.29, 1.82) is 0 Å². The number of hydrogen-bond donors (Lipinski definition) is 1. The molecule has 96 valence electrons. The lowest BCUT2D eigenvalue weighted by atomic mass is 9.77. The number of hydrogen-bond acceptors (Lipinski definition) is 3. The van der Waals surface area contributed by atoms with Crippen molar-refractivity contribution in [2.75, 3.05) is 18.8 Å². The van der Waals surface area contributed by atoms with Crippen LogP contribution in [0, 0.1) is 0 Å². The summed E-state index contributed by atoms with van der Waals surface area (Å²) in [5, 5.41) is 3.46. The normalized spacial score (nSPS) is 27.3. The monoisotopic (exact) mass is 261 g/mol. The summed E-state index contributed by atoms with van der Waals surface area (Å²) in [6.45, 7) is 4.39. The number of fused-ring (bicyclic) bond motifs is 1. The largest absolute Gasteiger partial charge is 0.316 e. The minimum Gasteiger partial charge on any atom is -0.316 e. The molecule has 1 aromatic carbocycles. The van der Waals surface area contributed by atoms with Gasteiger partial charge in [-0.1, -0.05) is 13.0 Å². The van der Waals surface area contributed by atoms with Gasteiger partial charge in [0, 0.05) is 34.6 Å². The number of thioether (sulfide) groups is 1. The lowest BCUT2D eigenvalue weighted by molar-refractivity contribution is 0.0984. The van der Waals surface area contributed by atoms with Crippen LogP contribution in [0.3, 0.4) is 0 Å². The highest BCUT2D eigenvalue weighted by Gasteiger charge is 2.34. The Labute approximate surface area is 113 Å². The Kier molecular flexibility index (Phi) is 3.20. The summed E-state index contributed by atoms with van der Waals surface area (Å²) in [4.78, 5) is 13.2. The summed E-state index contributed by atoms with van der Waals surface area (Å²) < 4.78 is 0. The zero-order chi connectivity index (χ0) is 12.6. The SMILES string of the molecule is CCC1(c2ccc3c(c2)C(=O)CCS3)CCNC1. The number of Topliss-reactive ketones (excluding diaryl/α,β-unsaturated/α-hetero) is 1. The van der Waals surface area contributed by atoms with Gasteiger partial charge >= 0.3 is 0 Å². The first-order chi connectivity index (χ1) is 8.75. The molecular weight excluding hydrogens is 242 g/mol. The molecule has 2 nitrogen and oxygen atoms in total. The van der Waals surface area contributed by atoms with E-state index >= 15 is 0 Å². The van der Waals surface area contributed by atoms with Crippen LogP contribution in [0.4, 0.5) is 0 Å². The van der Waals surface area contributed by atoms with E-state index in [0.717, 1.165) is 30.8 Å². The van der Waals surface area contributed by atoms with Crippen molar-refractivity contribution in [2.45, 2.75) is 36.5 Å². The van der Waals surface area contributed by atoms with E-state index in [9.17, 15) is 4.79 Å². The first-order valence-electron chi connectivity index (χ1n) is 6.76. The average molecular weight is 261 g/mol. The van der Waals surface area contributed by atoms with E-state index in [1.807, 2.05) is 11.8 Å². The molecule has 0 aromatic heterocycles. The lowest BCUT2D eigenvalue weighted by Gasteiger charge is -2.28. The molecule has 1 unspecified atom stereocenters. The van der Waals surface area contributed by atoms with E-state index in [4.69, 9.17) is 0 Å². The van der Waals surface area contributed by atoms with Crippen molar-refractivity contribution >= 4 is 17.5 Å². The van der Waals surface area contributed by atoms with Crippen LogP contribution >= 0.6 is 11.8 Å². The number of nitrogens with one attached hydrogen (secondary N) is 1. The molecule has 1 aromatic rings. The van der Waals surface area contributed by atoms with Crippen molar-refractivity contribution < 1.29 is 4.79 Å². The van der Waals surface area contributed by atoms with Gasteiger partial charge in [0.25, 0.3) is 0 Å². The molecule has 0 bridgehead atoms. The van der Waals surface area contributed by atoms with Gasteiger partial charge in [0.1, 0.15) is 0 Å². The van der Waals surface area contributed by atoms with E-state index in [0.29, 0.717) is 12.2 Å². The molecule has 3 rings (SSSR count). The van der Waals surface area contributed by atoms with Crippen LogP contribution in [0.1, 0.15) is 42.1 Å². The van der Waals surface area contributed by atoms with Gasteiger partial charge in [-0.25, -0.2) is 0 Å². The zero-order valence-electron chi connectivity index (χ0n) is 10.8. The molecule has 0 aliphatic carbocycles. The predicted octanol–water partition coefficient (Wildman–Crippen LogP) is 3.01. The molecule has 1 atom stereocenters. The van der Waals surface area contributed by atoms with E-state index in [2.05, 4.69) is 30.4 Å². The van der Waals surface area contributed by atoms with Crippen LogP contribution in [0.2, 0.25) is 0 Å². The number of carbonyl (C=O) groups is 1. The fourth-order valence-electron chi connectivity index (χ4n) is 3.09. The molecule has 0 radical (unpaired) electrons. The lowest BCUT2D eigenvalue weighted by Crippen LogP contribution is -2.28. The minimum absolute atomic E-state index is 0.247. The highest BCUT2D eigenvalue weighted by atomic mass is 32.2. The van der Waals surface area contributed by atoms with Gasteiger partial charge in [-0.2, -0.15) is 0 Å². The smallest absolute Gasteiger partial charge is 0.164 e. The Morgan fingerprint density at radius 3 is 3.06 bits per heavy atom. The van der Waals surface area contributed by atoms with Gasteiger partial charge in [0.05, 0.1) is 0 Å². The first kappa shape index (κ1) is 12.2. The number of carbonyl (C=O) groups excluding carboxylic acids is 1. The van der Waals surface area contributed by atoms with Crippen LogP contribution < -0.4 is 5.32 Å². The summed E-state index contributed by atoms with van der Waals surface area (Å²) in [5.74, 6) is 1.26. The molecule has 1 N–H and O–H groups in total. The predicted molar refractivity (Wildman–Crippen MR) is 75.6 cm³/mol. The van der Waals surface area contributed by atoms with E-state index in [1.54, 1.807) is 0 Å². The second kappa shape index (κ2) is 4.71. The third kappa shape index (κ3) is 1.90. The fraction of sp³-hybridized carbons (Fsp3) is 0.533. The topological polar surface area (TPSA) is 29.1 Å². The molecule has 2 heterocycles. The van der Waals surface area contributed by atoms with Crippen molar-refractivity contribution in [3.05, 3.63) is 29.3 Å². The third-order valence-electron chi connectivity index (χ3n) is 4.40. The molecular formula is C15H19NOS. The molecule has 0 saturated carbocycles. The van der Waals surface area contributed by atoms with Crippen LogP contribution in [-0.2, 0) is 5.41 Å².